The van der Waals surface area contributed by atoms with Crippen LogP contribution in [-0.4, -0.2) is 16.1 Å². The van der Waals surface area contributed by atoms with Gasteiger partial charge in [0.05, 0.1) is 5.41 Å². The fourth-order valence-corrected chi connectivity index (χ4v) is 5.56. The number of allylic oxidation sites excluding steroid dienone is 2. The molecule has 4 nitrogen and oxygen atoms in total. The van der Waals surface area contributed by atoms with Gasteiger partial charge in [0.1, 0.15) is 17.0 Å². The van der Waals surface area contributed by atoms with Crippen molar-refractivity contribution in [3.8, 4) is 11.5 Å². The molecule has 1 heterocycles. The number of phenols is 2. The highest BCUT2D eigenvalue weighted by molar-refractivity contribution is 6.03. The normalized spacial score (nSPS) is 24.2. The van der Waals surface area contributed by atoms with Crippen LogP contribution in [0.4, 0.5) is 5.69 Å². The summed E-state index contributed by atoms with van der Waals surface area (Å²) in [7, 11) is 0. The molecule has 1 saturated heterocycles. The van der Waals surface area contributed by atoms with E-state index < -0.39 is 11.0 Å². The zero-order valence-corrected chi connectivity index (χ0v) is 17.4. The molecule has 156 valence electrons. The average Bonchev–Trinajstić information content (AvgIpc) is 3.00. The lowest BCUT2D eigenvalue weighted by atomic mass is 9.61. The summed E-state index contributed by atoms with van der Waals surface area (Å²) in [5.74, 6) is 0.443. The first kappa shape index (κ1) is 19.4. The predicted molar refractivity (Wildman–Crippen MR) is 121 cm³/mol. The molecule has 1 amide bonds. The lowest BCUT2D eigenvalue weighted by Gasteiger charge is -2.45. The second-order valence-corrected chi connectivity index (χ2v) is 8.72. The quantitative estimate of drug-likeness (QED) is 0.570. The molecule has 0 aromatic heterocycles. The first-order valence-electron chi connectivity index (χ1n) is 10.6. The molecule has 1 fully saturated rings. The third kappa shape index (κ3) is 2.71. The Morgan fingerprint density at radius 2 is 1.35 bits per heavy atom. The molecule has 0 saturated carbocycles. The van der Waals surface area contributed by atoms with Gasteiger partial charge in [-0.15, -0.1) is 0 Å². The second kappa shape index (κ2) is 7.02. The van der Waals surface area contributed by atoms with E-state index in [4.69, 9.17) is 0 Å². The highest BCUT2D eigenvalue weighted by Crippen LogP contribution is 2.61. The fourth-order valence-electron chi connectivity index (χ4n) is 5.56. The van der Waals surface area contributed by atoms with Crippen molar-refractivity contribution in [3.63, 3.8) is 0 Å². The Morgan fingerprint density at radius 3 is 1.90 bits per heavy atom. The summed E-state index contributed by atoms with van der Waals surface area (Å²) in [5.41, 5.74) is 1.37. The molecule has 1 aliphatic heterocycles. The van der Waals surface area contributed by atoms with Crippen molar-refractivity contribution in [1.82, 2.24) is 0 Å². The van der Waals surface area contributed by atoms with E-state index in [1.165, 1.54) is 0 Å². The highest BCUT2D eigenvalue weighted by Gasteiger charge is 2.65. The number of carbonyl (C=O) groups is 1. The Bertz CT molecular complexity index is 1090. The van der Waals surface area contributed by atoms with Crippen molar-refractivity contribution in [1.29, 1.82) is 0 Å². The number of phenolic OH excluding ortho intramolecular Hbond substituents is 2. The van der Waals surface area contributed by atoms with Gasteiger partial charge in [-0.1, -0.05) is 61.5 Å². The first-order valence-corrected chi connectivity index (χ1v) is 10.6. The zero-order valence-electron chi connectivity index (χ0n) is 17.4. The molecule has 2 N–H and O–H groups in total. The smallest absolute Gasteiger partial charge is 0.234 e. The molecule has 0 spiro atoms. The Hall–Kier alpha value is -3.53. The van der Waals surface area contributed by atoms with Crippen molar-refractivity contribution in [2.45, 2.75) is 25.3 Å². The molecular formula is C27H25NO3. The van der Waals surface area contributed by atoms with E-state index in [0.29, 0.717) is 6.42 Å². The van der Waals surface area contributed by atoms with Crippen LogP contribution in [0.15, 0.2) is 91.0 Å². The number of benzene rings is 3. The van der Waals surface area contributed by atoms with Crippen LogP contribution in [0.5, 0.6) is 11.5 Å². The summed E-state index contributed by atoms with van der Waals surface area (Å²) in [6.07, 6.45) is 5.72. The molecule has 1 aliphatic carbocycles. The SMILES string of the molecule is CC12CC=CCC1C(c1ccc(O)cc1)(c1ccc(O)cc1)N(c1ccccc1)C2=O. The maximum atomic E-state index is 14.2. The molecule has 2 atom stereocenters. The van der Waals surface area contributed by atoms with Crippen LogP contribution in [0, 0.1) is 11.3 Å². The molecule has 2 aliphatic rings. The van der Waals surface area contributed by atoms with E-state index in [2.05, 4.69) is 19.1 Å². The predicted octanol–water partition coefficient (Wildman–Crippen LogP) is 5.36. The Labute approximate surface area is 182 Å². The summed E-state index contributed by atoms with van der Waals surface area (Å²) >= 11 is 0. The summed E-state index contributed by atoms with van der Waals surface area (Å²) in [6.45, 7) is 2.07. The standard InChI is InChI=1S/C27H25NO3/c1-26-18-6-5-9-24(26)27(19-10-14-22(29)15-11-19,20-12-16-23(30)17-13-20)28(25(26)31)21-7-3-2-4-8-21/h2-8,10-17,24,29-30H,9,18H2,1H3. The molecule has 5 rings (SSSR count). The van der Waals surface area contributed by atoms with Crippen LogP contribution >= 0.6 is 0 Å². The second-order valence-electron chi connectivity index (χ2n) is 8.72. The first-order chi connectivity index (χ1) is 15.0. The van der Waals surface area contributed by atoms with Crippen LogP contribution in [0.3, 0.4) is 0 Å². The third-order valence-electron chi connectivity index (χ3n) is 7.03. The van der Waals surface area contributed by atoms with Crippen LogP contribution in [0.2, 0.25) is 0 Å². The van der Waals surface area contributed by atoms with Gasteiger partial charge < -0.3 is 10.2 Å². The molecule has 4 heteroatoms. The van der Waals surface area contributed by atoms with Gasteiger partial charge in [-0.05, 0) is 60.4 Å². The summed E-state index contributed by atoms with van der Waals surface area (Å²) < 4.78 is 0. The molecule has 2 unspecified atom stereocenters. The van der Waals surface area contributed by atoms with E-state index in [1.807, 2.05) is 59.5 Å². The van der Waals surface area contributed by atoms with E-state index in [9.17, 15) is 15.0 Å². The van der Waals surface area contributed by atoms with Gasteiger partial charge >= 0.3 is 0 Å². The molecular weight excluding hydrogens is 386 g/mol. The fraction of sp³-hybridized carbons (Fsp3) is 0.222. The van der Waals surface area contributed by atoms with Gasteiger partial charge in [0, 0.05) is 11.6 Å². The highest BCUT2D eigenvalue weighted by atomic mass is 16.3. The van der Waals surface area contributed by atoms with Crippen molar-refractivity contribution in [3.05, 3.63) is 102 Å². The maximum Gasteiger partial charge on any atom is 0.234 e. The summed E-state index contributed by atoms with van der Waals surface area (Å²) in [6, 6.07) is 24.2. The van der Waals surface area contributed by atoms with Crippen LogP contribution < -0.4 is 4.90 Å². The number of nitrogens with zero attached hydrogens (tertiary/aromatic N) is 1. The van der Waals surface area contributed by atoms with E-state index in [0.717, 1.165) is 23.2 Å². The van der Waals surface area contributed by atoms with Gasteiger partial charge in [-0.3, -0.25) is 9.69 Å². The number of hydrogen-bond donors (Lipinski definition) is 2. The van der Waals surface area contributed by atoms with E-state index in [1.54, 1.807) is 24.3 Å². The number of aromatic hydroxyl groups is 2. The van der Waals surface area contributed by atoms with Crippen LogP contribution in [0.1, 0.15) is 30.9 Å². The van der Waals surface area contributed by atoms with Crippen LogP contribution in [0.25, 0.3) is 0 Å². The van der Waals surface area contributed by atoms with E-state index >= 15 is 0 Å². The maximum absolute atomic E-state index is 14.2. The average molecular weight is 412 g/mol. The van der Waals surface area contributed by atoms with Crippen molar-refractivity contribution in [2.24, 2.45) is 11.3 Å². The van der Waals surface area contributed by atoms with Crippen molar-refractivity contribution in [2.75, 3.05) is 4.90 Å². The van der Waals surface area contributed by atoms with Gasteiger partial charge in [0.25, 0.3) is 0 Å². The topological polar surface area (TPSA) is 60.8 Å². The molecule has 31 heavy (non-hydrogen) atoms. The number of fused-ring (bicyclic) bond motifs is 1. The Morgan fingerprint density at radius 1 is 0.806 bits per heavy atom. The minimum Gasteiger partial charge on any atom is -0.508 e. The molecule has 0 radical (unpaired) electrons. The van der Waals surface area contributed by atoms with Gasteiger partial charge in [-0.2, -0.15) is 0 Å². The third-order valence-corrected chi connectivity index (χ3v) is 7.03. The number of anilines is 1. The number of para-hydroxylation sites is 1. The summed E-state index contributed by atoms with van der Waals surface area (Å²) in [5, 5.41) is 20.0. The Balaban J connectivity index is 1.88. The van der Waals surface area contributed by atoms with Crippen molar-refractivity contribution >= 4 is 11.6 Å². The minimum atomic E-state index is -0.778. The lowest BCUT2D eigenvalue weighted by molar-refractivity contribution is -0.126. The Kier molecular flexibility index (Phi) is 4.40. The van der Waals surface area contributed by atoms with Gasteiger partial charge in [0.2, 0.25) is 5.91 Å². The van der Waals surface area contributed by atoms with Gasteiger partial charge in [0.15, 0.2) is 0 Å². The molecule has 3 aromatic rings. The van der Waals surface area contributed by atoms with Gasteiger partial charge in [-0.25, -0.2) is 0 Å². The molecule has 0 bridgehead atoms. The van der Waals surface area contributed by atoms with Crippen LogP contribution in [-0.2, 0) is 10.3 Å². The minimum absolute atomic E-state index is 0.0215. The monoisotopic (exact) mass is 411 g/mol. The number of hydrogen-bond acceptors (Lipinski definition) is 3. The number of rotatable bonds is 3. The lowest BCUT2D eigenvalue weighted by Crippen LogP contribution is -2.48. The molecule has 3 aromatic carbocycles. The van der Waals surface area contributed by atoms with E-state index in [-0.39, 0.29) is 23.3 Å². The zero-order chi connectivity index (χ0) is 21.6. The largest absolute Gasteiger partial charge is 0.508 e. The number of carbonyl (C=O) groups excluding carboxylic acids is 1. The number of amides is 1. The van der Waals surface area contributed by atoms with Crippen molar-refractivity contribution < 1.29 is 15.0 Å². The summed E-state index contributed by atoms with van der Waals surface area (Å²) in [4.78, 5) is 16.1.